The van der Waals surface area contributed by atoms with Crippen LogP contribution < -0.4 is 10.9 Å². The van der Waals surface area contributed by atoms with E-state index in [4.69, 9.17) is 4.42 Å². The van der Waals surface area contributed by atoms with Crippen LogP contribution in [0.3, 0.4) is 0 Å². The van der Waals surface area contributed by atoms with Gasteiger partial charge in [-0.3, -0.25) is 10.1 Å². The van der Waals surface area contributed by atoms with Crippen LogP contribution in [0.2, 0.25) is 0 Å². The zero-order chi connectivity index (χ0) is 18.5. The number of nitrogens with one attached hydrogen (secondary N) is 1. The van der Waals surface area contributed by atoms with Crippen molar-refractivity contribution in [2.45, 2.75) is 6.04 Å². The number of nitro benzene ring substituents is 1. The van der Waals surface area contributed by atoms with Gasteiger partial charge in [0, 0.05) is 17.5 Å². The molecule has 2 aromatic heterocycles. The Morgan fingerprint density at radius 2 is 1.93 bits per heavy atom. The second kappa shape index (κ2) is 5.49. The van der Waals surface area contributed by atoms with Crippen LogP contribution in [-0.2, 0) is 0 Å². The molecule has 9 nitrogen and oxygen atoms in total. The number of rotatable bonds is 2. The molecule has 0 saturated carbocycles. The zero-order valence-electron chi connectivity index (χ0n) is 13.7. The lowest BCUT2D eigenvalue weighted by molar-refractivity contribution is -0.384. The normalized spacial score (nSPS) is 15.0. The van der Waals surface area contributed by atoms with E-state index in [2.05, 4.69) is 15.4 Å². The minimum atomic E-state index is -0.611. The second-order valence-electron chi connectivity index (χ2n) is 6.08. The van der Waals surface area contributed by atoms with Gasteiger partial charge < -0.3 is 9.73 Å². The van der Waals surface area contributed by atoms with Gasteiger partial charge in [0.1, 0.15) is 18.0 Å². The van der Waals surface area contributed by atoms with Crippen molar-refractivity contribution in [2.24, 2.45) is 0 Å². The van der Waals surface area contributed by atoms with Gasteiger partial charge in [0.15, 0.2) is 0 Å². The lowest BCUT2D eigenvalue weighted by Gasteiger charge is -2.27. The van der Waals surface area contributed by atoms with Gasteiger partial charge in [0.05, 0.1) is 16.2 Å². The molecule has 132 valence electrons. The number of benzene rings is 2. The standard InChI is InChI=1S/C18H11N5O4/c24-17-14-15(12-3-1-2-4-13(12)27-17)21-18-19-9-20-22(18)16(14)10-5-7-11(8-6-10)23(25)26/h1-9,16H,(H,19,20,21). The Bertz CT molecular complexity index is 1260. The molecule has 5 rings (SSSR count). The predicted octanol–water partition coefficient (Wildman–Crippen LogP) is 2.99. The highest BCUT2D eigenvalue weighted by atomic mass is 16.6. The Labute approximate surface area is 151 Å². The van der Waals surface area contributed by atoms with Gasteiger partial charge in [-0.2, -0.15) is 10.1 Å². The molecule has 1 atom stereocenters. The van der Waals surface area contributed by atoms with Crippen molar-refractivity contribution in [2.75, 3.05) is 5.32 Å². The number of fused-ring (bicyclic) bond motifs is 4. The minimum Gasteiger partial charge on any atom is -0.422 e. The third kappa shape index (κ3) is 2.21. The third-order valence-electron chi connectivity index (χ3n) is 4.60. The molecule has 0 spiro atoms. The molecule has 0 radical (unpaired) electrons. The van der Waals surface area contributed by atoms with Crippen LogP contribution in [0.15, 0.2) is 64.1 Å². The molecule has 27 heavy (non-hydrogen) atoms. The van der Waals surface area contributed by atoms with Gasteiger partial charge in [0.2, 0.25) is 5.95 Å². The first-order chi connectivity index (χ1) is 13.1. The Morgan fingerprint density at radius 3 is 2.70 bits per heavy atom. The summed E-state index contributed by atoms with van der Waals surface area (Å²) in [5, 5.41) is 19.1. The van der Waals surface area contributed by atoms with E-state index >= 15 is 0 Å². The Balaban J connectivity index is 1.80. The van der Waals surface area contributed by atoms with Crippen molar-refractivity contribution in [3.63, 3.8) is 0 Å². The first-order valence-electron chi connectivity index (χ1n) is 8.10. The molecule has 0 bridgehead atoms. The molecule has 1 unspecified atom stereocenters. The van der Waals surface area contributed by atoms with Gasteiger partial charge in [0.25, 0.3) is 5.69 Å². The average molecular weight is 361 g/mol. The van der Waals surface area contributed by atoms with Crippen LogP contribution in [0.5, 0.6) is 0 Å². The van der Waals surface area contributed by atoms with Crippen LogP contribution in [0.25, 0.3) is 11.0 Å². The fraction of sp³-hybridized carbons (Fsp3) is 0.0556. The van der Waals surface area contributed by atoms with E-state index in [9.17, 15) is 14.9 Å². The molecule has 2 aromatic carbocycles. The van der Waals surface area contributed by atoms with Crippen LogP contribution in [0.4, 0.5) is 17.3 Å². The molecule has 0 saturated heterocycles. The number of non-ortho nitro benzene ring substituents is 1. The van der Waals surface area contributed by atoms with Crippen LogP contribution in [-0.4, -0.2) is 19.7 Å². The van der Waals surface area contributed by atoms with E-state index < -0.39 is 16.6 Å². The Morgan fingerprint density at radius 1 is 1.15 bits per heavy atom. The minimum absolute atomic E-state index is 0.0303. The molecular weight excluding hydrogens is 350 g/mol. The number of hydrogen-bond acceptors (Lipinski definition) is 7. The van der Waals surface area contributed by atoms with Gasteiger partial charge in [-0.05, 0) is 29.8 Å². The largest absolute Gasteiger partial charge is 0.422 e. The Hall–Kier alpha value is -4.01. The summed E-state index contributed by atoms with van der Waals surface area (Å²) in [7, 11) is 0. The zero-order valence-corrected chi connectivity index (χ0v) is 13.7. The van der Waals surface area contributed by atoms with E-state index in [-0.39, 0.29) is 5.69 Å². The van der Waals surface area contributed by atoms with E-state index in [0.717, 1.165) is 5.39 Å². The summed E-state index contributed by atoms with van der Waals surface area (Å²) in [5.41, 5.74) is 1.58. The maximum atomic E-state index is 12.8. The topological polar surface area (TPSA) is 116 Å². The number of anilines is 2. The number of para-hydroxylation sites is 1. The number of nitrogens with zero attached hydrogens (tertiary/aromatic N) is 4. The number of nitro groups is 1. The van der Waals surface area contributed by atoms with Crippen LogP contribution in [0.1, 0.15) is 17.2 Å². The Kier molecular flexibility index (Phi) is 3.11. The smallest absolute Gasteiger partial charge is 0.344 e. The monoisotopic (exact) mass is 361 g/mol. The molecule has 1 aliphatic heterocycles. The molecule has 0 aliphatic carbocycles. The van der Waals surface area contributed by atoms with Crippen molar-refractivity contribution in [3.05, 3.63) is 86.5 Å². The number of aromatic nitrogens is 3. The fourth-order valence-corrected chi connectivity index (χ4v) is 3.40. The quantitative estimate of drug-likeness (QED) is 0.292. The molecule has 9 heteroatoms. The molecule has 3 heterocycles. The van der Waals surface area contributed by atoms with Gasteiger partial charge in [-0.1, -0.05) is 12.1 Å². The van der Waals surface area contributed by atoms with E-state index in [1.807, 2.05) is 12.1 Å². The lowest BCUT2D eigenvalue weighted by Crippen LogP contribution is -2.28. The molecule has 0 fully saturated rings. The summed E-state index contributed by atoms with van der Waals surface area (Å²) in [5.74, 6) is 0.474. The molecule has 0 amide bonds. The van der Waals surface area contributed by atoms with Gasteiger partial charge >= 0.3 is 5.63 Å². The number of hydrogen-bond donors (Lipinski definition) is 1. The maximum absolute atomic E-state index is 12.8. The van der Waals surface area contributed by atoms with E-state index in [0.29, 0.717) is 28.3 Å². The highest BCUT2D eigenvalue weighted by molar-refractivity contribution is 5.94. The van der Waals surface area contributed by atoms with Crippen molar-refractivity contribution in [1.29, 1.82) is 0 Å². The molecule has 4 aromatic rings. The summed E-state index contributed by atoms with van der Waals surface area (Å²) in [6.07, 6.45) is 1.39. The average Bonchev–Trinajstić information content (AvgIpc) is 3.15. The van der Waals surface area contributed by atoms with E-state index in [1.54, 1.807) is 28.9 Å². The molecule has 1 aliphatic rings. The lowest BCUT2D eigenvalue weighted by atomic mass is 9.95. The predicted molar refractivity (Wildman–Crippen MR) is 96.1 cm³/mol. The third-order valence-corrected chi connectivity index (χ3v) is 4.60. The second-order valence-corrected chi connectivity index (χ2v) is 6.08. The van der Waals surface area contributed by atoms with Crippen molar-refractivity contribution in [1.82, 2.24) is 14.8 Å². The van der Waals surface area contributed by atoms with Crippen molar-refractivity contribution < 1.29 is 9.34 Å². The van der Waals surface area contributed by atoms with Crippen molar-refractivity contribution in [3.8, 4) is 0 Å². The van der Waals surface area contributed by atoms with E-state index in [1.165, 1.54) is 18.5 Å². The summed E-state index contributed by atoms with van der Waals surface area (Å²) >= 11 is 0. The van der Waals surface area contributed by atoms with Crippen LogP contribution in [0, 0.1) is 10.1 Å². The summed E-state index contributed by atoms with van der Waals surface area (Å²) in [6.45, 7) is 0. The first kappa shape index (κ1) is 15.3. The first-order valence-corrected chi connectivity index (χ1v) is 8.10. The summed E-state index contributed by atoms with van der Waals surface area (Å²) in [6, 6.07) is 12.6. The molecular formula is C18H11N5O4. The summed E-state index contributed by atoms with van der Waals surface area (Å²) < 4.78 is 7.06. The summed E-state index contributed by atoms with van der Waals surface area (Å²) in [4.78, 5) is 27.5. The van der Waals surface area contributed by atoms with Crippen LogP contribution >= 0.6 is 0 Å². The van der Waals surface area contributed by atoms with Crippen molar-refractivity contribution >= 4 is 28.3 Å². The van der Waals surface area contributed by atoms with Gasteiger partial charge in [-0.15, -0.1) is 0 Å². The highest BCUT2D eigenvalue weighted by Crippen LogP contribution is 2.40. The SMILES string of the molecule is O=c1oc2ccccc2c2c1C(c1ccc([N+](=O)[O-])cc1)n1ncnc1N2. The maximum Gasteiger partial charge on any atom is 0.344 e. The fourth-order valence-electron chi connectivity index (χ4n) is 3.40. The highest BCUT2D eigenvalue weighted by Gasteiger charge is 2.33. The molecule has 1 N–H and O–H groups in total. The van der Waals surface area contributed by atoms with Gasteiger partial charge in [-0.25, -0.2) is 9.48 Å².